The van der Waals surface area contributed by atoms with E-state index in [1.807, 2.05) is 41.8 Å². The Labute approximate surface area is 120 Å². The molecule has 2 nitrogen and oxygen atoms in total. The molecule has 3 aromatic rings. The van der Waals surface area contributed by atoms with Gasteiger partial charge in [-0.2, -0.15) is 0 Å². The Bertz CT molecular complexity index is 682. The zero-order chi connectivity index (χ0) is 13.1. The third-order valence-electron chi connectivity index (χ3n) is 2.83. The second kappa shape index (κ2) is 5.70. The van der Waals surface area contributed by atoms with Crippen molar-refractivity contribution >= 4 is 33.8 Å². The van der Waals surface area contributed by atoms with Crippen LogP contribution >= 0.6 is 22.9 Å². The summed E-state index contributed by atoms with van der Waals surface area (Å²) in [6, 6.07) is 14.1. The maximum Gasteiger partial charge on any atom is 0.135 e. The largest absolute Gasteiger partial charge is 0.371 e. The fourth-order valence-electron chi connectivity index (χ4n) is 1.89. The van der Waals surface area contributed by atoms with E-state index in [9.17, 15) is 0 Å². The van der Waals surface area contributed by atoms with Crippen LogP contribution in [0.1, 0.15) is 10.4 Å². The van der Waals surface area contributed by atoms with E-state index in [-0.39, 0.29) is 0 Å². The number of ether oxygens (including phenoxy) is 1. The molecule has 0 bridgehead atoms. The van der Waals surface area contributed by atoms with Crippen molar-refractivity contribution in [2.75, 3.05) is 0 Å². The molecule has 0 aliphatic heterocycles. The maximum atomic E-state index is 6.18. The van der Waals surface area contributed by atoms with Gasteiger partial charge in [-0.15, -0.1) is 11.3 Å². The van der Waals surface area contributed by atoms with Crippen molar-refractivity contribution in [1.82, 2.24) is 4.98 Å². The zero-order valence-corrected chi connectivity index (χ0v) is 11.7. The molecule has 0 atom stereocenters. The first-order valence-electron chi connectivity index (χ1n) is 5.97. The second-order valence-electron chi connectivity index (χ2n) is 4.20. The van der Waals surface area contributed by atoms with Gasteiger partial charge in [-0.3, -0.25) is 0 Å². The summed E-state index contributed by atoms with van der Waals surface area (Å²) in [6.07, 6.45) is 0. The number of rotatable bonds is 4. The van der Waals surface area contributed by atoms with Gasteiger partial charge in [0.1, 0.15) is 5.15 Å². The van der Waals surface area contributed by atoms with E-state index < -0.39 is 0 Å². The minimum absolute atomic E-state index is 0.481. The number of pyridine rings is 1. The van der Waals surface area contributed by atoms with Crippen LogP contribution in [0.4, 0.5) is 0 Å². The number of thiophene rings is 1. The van der Waals surface area contributed by atoms with Crippen LogP contribution in [0.2, 0.25) is 5.15 Å². The quantitative estimate of drug-likeness (QED) is 0.651. The molecule has 0 saturated carbocycles. The number of benzene rings is 1. The van der Waals surface area contributed by atoms with Crippen LogP contribution < -0.4 is 0 Å². The lowest BCUT2D eigenvalue weighted by Crippen LogP contribution is -1.95. The van der Waals surface area contributed by atoms with Crippen molar-refractivity contribution in [1.29, 1.82) is 0 Å². The summed E-state index contributed by atoms with van der Waals surface area (Å²) in [5.74, 6) is 0. The summed E-state index contributed by atoms with van der Waals surface area (Å²) < 4.78 is 5.68. The summed E-state index contributed by atoms with van der Waals surface area (Å²) in [7, 11) is 0. The van der Waals surface area contributed by atoms with E-state index in [0.29, 0.717) is 18.4 Å². The Balaban J connectivity index is 1.75. The smallest absolute Gasteiger partial charge is 0.135 e. The van der Waals surface area contributed by atoms with Gasteiger partial charge in [0.15, 0.2) is 0 Å². The number of halogens is 1. The molecule has 4 heteroatoms. The fraction of sp³-hybridized carbons (Fsp3) is 0.133. The number of aromatic nitrogens is 1. The van der Waals surface area contributed by atoms with Crippen LogP contribution in [0.15, 0.2) is 47.8 Å². The molecule has 0 aliphatic rings. The summed E-state index contributed by atoms with van der Waals surface area (Å²) in [4.78, 5) is 5.59. The van der Waals surface area contributed by atoms with Crippen molar-refractivity contribution < 1.29 is 4.74 Å². The van der Waals surface area contributed by atoms with Gasteiger partial charge in [-0.1, -0.05) is 35.9 Å². The van der Waals surface area contributed by atoms with Gasteiger partial charge in [0.2, 0.25) is 0 Å². The van der Waals surface area contributed by atoms with E-state index in [1.54, 1.807) is 11.3 Å². The third kappa shape index (κ3) is 2.95. The molecular formula is C15H12ClNOS. The predicted molar refractivity (Wildman–Crippen MR) is 79.6 cm³/mol. The van der Waals surface area contributed by atoms with Crippen molar-refractivity contribution in [2.45, 2.75) is 13.2 Å². The number of hydrogen-bond donors (Lipinski definition) is 0. The van der Waals surface area contributed by atoms with Gasteiger partial charge >= 0.3 is 0 Å². The normalized spacial score (nSPS) is 11.0. The van der Waals surface area contributed by atoms with Gasteiger partial charge < -0.3 is 4.74 Å². The molecule has 2 heterocycles. The molecule has 3 rings (SSSR count). The topological polar surface area (TPSA) is 22.1 Å². The Hall–Kier alpha value is -1.42. The maximum absolute atomic E-state index is 6.18. The molecule has 0 spiro atoms. The van der Waals surface area contributed by atoms with Gasteiger partial charge in [-0.05, 0) is 23.6 Å². The lowest BCUT2D eigenvalue weighted by molar-refractivity contribution is 0.109. The van der Waals surface area contributed by atoms with E-state index in [2.05, 4.69) is 11.1 Å². The van der Waals surface area contributed by atoms with Crippen LogP contribution in [0.3, 0.4) is 0 Å². The molecule has 0 unspecified atom stereocenters. The highest BCUT2D eigenvalue weighted by atomic mass is 35.5. The first-order chi connectivity index (χ1) is 9.33. The molecule has 0 radical (unpaired) electrons. The predicted octanol–water partition coefficient (Wildman–Crippen LogP) is 4.67. The van der Waals surface area contributed by atoms with E-state index in [0.717, 1.165) is 16.5 Å². The lowest BCUT2D eigenvalue weighted by atomic mass is 10.2. The lowest BCUT2D eigenvalue weighted by Gasteiger charge is -2.06. The molecule has 96 valence electrons. The van der Waals surface area contributed by atoms with E-state index in [1.165, 1.54) is 4.88 Å². The van der Waals surface area contributed by atoms with Crippen molar-refractivity contribution in [3.63, 3.8) is 0 Å². The standard InChI is InChI=1S/C15H12ClNOS/c16-15-12(9-18-10-13-5-3-7-19-13)8-11-4-1-2-6-14(11)17-15/h1-8H,9-10H2. The Morgan fingerprint density at radius 3 is 2.84 bits per heavy atom. The van der Waals surface area contributed by atoms with Crippen LogP contribution in [-0.2, 0) is 18.0 Å². The molecule has 0 fully saturated rings. The average molecular weight is 290 g/mol. The van der Waals surface area contributed by atoms with Crippen LogP contribution in [0.25, 0.3) is 10.9 Å². The zero-order valence-electron chi connectivity index (χ0n) is 10.2. The summed E-state index contributed by atoms with van der Waals surface area (Å²) >= 11 is 7.87. The Morgan fingerprint density at radius 1 is 1.11 bits per heavy atom. The molecule has 0 amide bonds. The Kier molecular flexibility index (Phi) is 3.78. The molecule has 0 saturated heterocycles. The first-order valence-corrected chi connectivity index (χ1v) is 7.23. The van der Waals surface area contributed by atoms with Crippen LogP contribution in [0, 0.1) is 0 Å². The van der Waals surface area contributed by atoms with Gasteiger partial charge in [-0.25, -0.2) is 4.98 Å². The summed E-state index contributed by atoms with van der Waals surface area (Å²) in [5.41, 5.74) is 1.84. The summed E-state index contributed by atoms with van der Waals surface area (Å²) in [5, 5.41) is 3.65. The number of para-hydroxylation sites is 1. The average Bonchev–Trinajstić information content (AvgIpc) is 2.92. The van der Waals surface area contributed by atoms with E-state index >= 15 is 0 Å². The van der Waals surface area contributed by atoms with E-state index in [4.69, 9.17) is 16.3 Å². The first kappa shape index (κ1) is 12.6. The van der Waals surface area contributed by atoms with Gasteiger partial charge in [0.05, 0.1) is 18.7 Å². The number of nitrogens with zero attached hydrogens (tertiary/aromatic N) is 1. The fourth-order valence-corrected chi connectivity index (χ4v) is 2.73. The van der Waals surface area contributed by atoms with Crippen molar-refractivity contribution in [3.8, 4) is 0 Å². The molecular weight excluding hydrogens is 278 g/mol. The summed E-state index contributed by atoms with van der Waals surface area (Å²) in [6.45, 7) is 1.09. The number of fused-ring (bicyclic) bond motifs is 1. The molecule has 0 aliphatic carbocycles. The van der Waals surface area contributed by atoms with Crippen molar-refractivity contribution in [2.24, 2.45) is 0 Å². The minimum Gasteiger partial charge on any atom is -0.371 e. The molecule has 2 aromatic heterocycles. The Morgan fingerprint density at radius 2 is 2.00 bits per heavy atom. The van der Waals surface area contributed by atoms with Crippen LogP contribution in [-0.4, -0.2) is 4.98 Å². The van der Waals surface area contributed by atoms with Crippen LogP contribution in [0.5, 0.6) is 0 Å². The highest BCUT2D eigenvalue weighted by Gasteiger charge is 2.05. The molecule has 19 heavy (non-hydrogen) atoms. The van der Waals surface area contributed by atoms with Gasteiger partial charge in [0.25, 0.3) is 0 Å². The SMILES string of the molecule is Clc1nc2ccccc2cc1COCc1cccs1. The molecule has 1 aromatic carbocycles. The number of hydrogen-bond acceptors (Lipinski definition) is 3. The van der Waals surface area contributed by atoms with Crippen molar-refractivity contribution in [3.05, 3.63) is 63.4 Å². The minimum atomic E-state index is 0.481. The highest BCUT2D eigenvalue weighted by Crippen LogP contribution is 2.21. The van der Waals surface area contributed by atoms with Gasteiger partial charge in [0, 0.05) is 15.8 Å². The second-order valence-corrected chi connectivity index (χ2v) is 5.59. The highest BCUT2D eigenvalue weighted by molar-refractivity contribution is 7.09. The monoisotopic (exact) mass is 289 g/mol. The third-order valence-corrected chi connectivity index (χ3v) is 4.01. The molecule has 0 N–H and O–H groups in total.